The van der Waals surface area contributed by atoms with Gasteiger partial charge in [0.05, 0.1) is 11.1 Å². The van der Waals surface area contributed by atoms with Crippen LogP contribution in [0.3, 0.4) is 0 Å². The van der Waals surface area contributed by atoms with Crippen LogP contribution in [-0.2, 0) is 11.4 Å². The minimum Gasteiger partial charge on any atom is -0.479 e. The first-order chi connectivity index (χ1) is 8.10. The summed E-state index contributed by atoms with van der Waals surface area (Å²) in [5.41, 5.74) is 0.571. The summed E-state index contributed by atoms with van der Waals surface area (Å²) < 4.78 is 6.11. The summed E-state index contributed by atoms with van der Waals surface area (Å²) in [6.07, 6.45) is 0.265. The second-order valence-electron chi connectivity index (χ2n) is 3.62. The first kappa shape index (κ1) is 14.0. The third-order valence-electron chi connectivity index (χ3n) is 2.31. The number of carboxylic acid groups (broad SMARTS) is 1. The molecule has 94 valence electrons. The number of hydrogen-bond acceptors (Lipinski definition) is 3. The van der Waals surface area contributed by atoms with E-state index in [1.54, 1.807) is 18.2 Å². The van der Waals surface area contributed by atoms with E-state index in [-0.39, 0.29) is 6.61 Å². The zero-order valence-corrected chi connectivity index (χ0v) is 11.1. The molecule has 2 N–H and O–H groups in total. The highest BCUT2D eigenvalue weighted by molar-refractivity contribution is 9.10. The van der Waals surface area contributed by atoms with Crippen LogP contribution in [0.25, 0.3) is 0 Å². The maximum Gasteiger partial charge on any atom is 0.344 e. The van der Waals surface area contributed by atoms with E-state index >= 15 is 0 Å². The number of aliphatic carboxylic acids is 1. The van der Waals surface area contributed by atoms with E-state index in [1.165, 1.54) is 0 Å². The van der Waals surface area contributed by atoms with Crippen LogP contribution < -0.4 is 4.74 Å². The van der Waals surface area contributed by atoms with Crippen molar-refractivity contribution in [1.82, 2.24) is 0 Å². The number of benzene rings is 1. The summed E-state index contributed by atoms with van der Waals surface area (Å²) in [7, 11) is 0. The number of aliphatic hydroxyl groups excluding tert-OH is 1. The van der Waals surface area contributed by atoms with Gasteiger partial charge in [-0.15, -0.1) is 0 Å². The Bertz CT molecular complexity index is 392. The fourth-order valence-electron chi connectivity index (χ4n) is 1.45. The van der Waals surface area contributed by atoms with Gasteiger partial charge in [-0.05, 0) is 28.4 Å². The number of ether oxygens (including phenoxy) is 1. The second-order valence-corrected chi connectivity index (χ2v) is 4.47. The molecule has 1 aromatic rings. The van der Waals surface area contributed by atoms with E-state index < -0.39 is 12.1 Å². The molecule has 0 heterocycles. The van der Waals surface area contributed by atoms with Crippen LogP contribution in [0.5, 0.6) is 5.75 Å². The Morgan fingerprint density at radius 3 is 2.76 bits per heavy atom. The molecule has 0 amide bonds. The molecular weight excluding hydrogens is 288 g/mol. The van der Waals surface area contributed by atoms with Crippen LogP contribution in [0.4, 0.5) is 0 Å². The van der Waals surface area contributed by atoms with Crippen LogP contribution in [-0.4, -0.2) is 22.3 Å². The Kier molecular flexibility index (Phi) is 5.44. The molecule has 0 saturated heterocycles. The lowest BCUT2D eigenvalue weighted by molar-refractivity contribution is -0.145. The van der Waals surface area contributed by atoms with E-state index in [1.807, 2.05) is 6.92 Å². The largest absolute Gasteiger partial charge is 0.479 e. The van der Waals surface area contributed by atoms with Gasteiger partial charge in [0, 0.05) is 5.56 Å². The van der Waals surface area contributed by atoms with Crippen molar-refractivity contribution in [3.05, 3.63) is 28.2 Å². The number of carboxylic acids is 1. The third-order valence-corrected chi connectivity index (χ3v) is 2.93. The lowest BCUT2D eigenvalue weighted by atomic mass is 10.2. The number of para-hydroxylation sites is 1. The fourth-order valence-corrected chi connectivity index (χ4v) is 1.95. The molecule has 1 aromatic carbocycles. The Hall–Kier alpha value is -1.07. The van der Waals surface area contributed by atoms with Gasteiger partial charge in [-0.2, -0.15) is 0 Å². The monoisotopic (exact) mass is 302 g/mol. The molecule has 4 nitrogen and oxygen atoms in total. The van der Waals surface area contributed by atoms with Gasteiger partial charge in [-0.25, -0.2) is 4.79 Å². The van der Waals surface area contributed by atoms with Crippen molar-refractivity contribution in [2.75, 3.05) is 0 Å². The number of carbonyl (C=O) groups is 1. The molecule has 17 heavy (non-hydrogen) atoms. The second kappa shape index (κ2) is 6.61. The Morgan fingerprint density at radius 1 is 1.53 bits per heavy atom. The predicted molar refractivity (Wildman–Crippen MR) is 67.0 cm³/mol. The van der Waals surface area contributed by atoms with Gasteiger partial charge in [0.2, 0.25) is 0 Å². The van der Waals surface area contributed by atoms with E-state index in [9.17, 15) is 9.90 Å². The van der Waals surface area contributed by atoms with Gasteiger partial charge in [0.1, 0.15) is 5.75 Å². The number of hydrogen-bond donors (Lipinski definition) is 2. The highest BCUT2D eigenvalue weighted by atomic mass is 79.9. The van der Waals surface area contributed by atoms with Gasteiger partial charge in [-0.1, -0.05) is 25.5 Å². The molecule has 0 bridgehead atoms. The quantitative estimate of drug-likeness (QED) is 0.847. The van der Waals surface area contributed by atoms with Crippen molar-refractivity contribution in [2.45, 2.75) is 32.5 Å². The minimum atomic E-state index is -0.994. The van der Waals surface area contributed by atoms with E-state index in [0.717, 1.165) is 6.42 Å². The predicted octanol–water partition coefficient (Wildman–Crippen LogP) is 2.57. The number of halogens is 1. The number of aliphatic hydroxyl groups is 1. The highest BCUT2D eigenvalue weighted by Crippen LogP contribution is 2.30. The van der Waals surface area contributed by atoms with Gasteiger partial charge >= 0.3 is 5.97 Å². The molecule has 0 saturated carbocycles. The Morgan fingerprint density at radius 2 is 2.24 bits per heavy atom. The summed E-state index contributed by atoms with van der Waals surface area (Å²) in [4.78, 5) is 11.0. The van der Waals surface area contributed by atoms with Gasteiger partial charge in [0.15, 0.2) is 6.10 Å². The van der Waals surface area contributed by atoms with E-state index in [0.29, 0.717) is 22.2 Å². The summed E-state index contributed by atoms with van der Waals surface area (Å²) in [5.74, 6) is -0.595. The Balaban J connectivity index is 2.95. The first-order valence-corrected chi connectivity index (χ1v) is 6.17. The van der Waals surface area contributed by atoms with Gasteiger partial charge < -0.3 is 14.9 Å². The maximum atomic E-state index is 11.0. The molecule has 1 unspecified atom stereocenters. The van der Waals surface area contributed by atoms with Crippen molar-refractivity contribution in [1.29, 1.82) is 0 Å². The maximum absolute atomic E-state index is 11.0. The van der Waals surface area contributed by atoms with Crippen molar-refractivity contribution in [3.63, 3.8) is 0 Å². The lowest BCUT2D eigenvalue weighted by Crippen LogP contribution is -2.27. The molecule has 0 aliphatic rings. The minimum absolute atomic E-state index is 0.187. The molecule has 0 aliphatic carbocycles. The topological polar surface area (TPSA) is 66.8 Å². The molecular formula is C12H15BrO4. The summed E-state index contributed by atoms with van der Waals surface area (Å²) >= 11 is 3.29. The average molecular weight is 303 g/mol. The highest BCUT2D eigenvalue weighted by Gasteiger charge is 2.20. The molecule has 1 rings (SSSR count). The van der Waals surface area contributed by atoms with Crippen molar-refractivity contribution in [2.24, 2.45) is 0 Å². The van der Waals surface area contributed by atoms with Crippen LogP contribution in [0, 0.1) is 0 Å². The smallest absolute Gasteiger partial charge is 0.344 e. The fraction of sp³-hybridized carbons (Fsp3) is 0.417. The van der Waals surface area contributed by atoms with Crippen LogP contribution >= 0.6 is 15.9 Å². The van der Waals surface area contributed by atoms with E-state index in [4.69, 9.17) is 9.84 Å². The normalized spacial score (nSPS) is 12.2. The van der Waals surface area contributed by atoms with Crippen molar-refractivity contribution < 1.29 is 19.7 Å². The van der Waals surface area contributed by atoms with Crippen molar-refractivity contribution >= 4 is 21.9 Å². The van der Waals surface area contributed by atoms with E-state index in [2.05, 4.69) is 15.9 Å². The third kappa shape index (κ3) is 3.71. The molecule has 0 aromatic heterocycles. The zero-order valence-electron chi connectivity index (χ0n) is 9.52. The van der Waals surface area contributed by atoms with Crippen LogP contribution in [0.1, 0.15) is 25.3 Å². The summed E-state index contributed by atoms with van der Waals surface area (Å²) in [6, 6.07) is 5.21. The number of rotatable bonds is 6. The van der Waals surface area contributed by atoms with Crippen LogP contribution in [0.2, 0.25) is 0 Å². The molecule has 1 atom stereocenters. The molecule has 0 aliphatic heterocycles. The molecule has 0 fully saturated rings. The molecule has 5 heteroatoms. The molecule has 0 spiro atoms. The van der Waals surface area contributed by atoms with Crippen LogP contribution in [0.15, 0.2) is 22.7 Å². The SMILES string of the molecule is CCCC(Oc1c(Br)cccc1CO)C(=O)O. The molecule has 0 radical (unpaired) electrons. The average Bonchev–Trinajstić information content (AvgIpc) is 2.30. The lowest BCUT2D eigenvalue weighted by Gasteiger charge is -2.17. The summed E-state index contributed by atoms with van der Waals surface area (Å²) in [6.45, 7) is 1.71. The first-order valence-electron chi connectivity index (χ1n) is 5.37. The van der Waals surface area contributed by atoms with Gasteiger partial charge in [0.25, 0.3) is 0 Å². The zero-order chi connectivity index (χ0) is 12.8. The van der Waals surface area contributed by atoms with Crippen molar-refractivity contribution in [3.8, 4) is 5.75 Å². The standard InChI is InChI=1S/C12H15BrO4/c1-2-4-10(12(15)16)17-11-8(7-14)5-3-6-9(11)13/h3,5-6,10,14H,2,4,7H2,1H3,(H,15,16). The summed E-state index contributed by atoms with van der Waals surface area (Å²) in [5, 5.41) is 18.2. The van der Waals surface area contributed by atoms with Gasteiger partial charge in [-0.3, -0.25) is 0 Å². The Labute approximate surface area is 108 Å².